The number of hydrogen-bond donors (Lipinski definition) is 1. The zero-order valence-corrected chi connectivity index (χ0v) is 14.5. The average molecular weight is 347 g/mol. The Morgan fingerprint density at radius 1 is 1.15 bits per heavy atom. The Hall–Kier alpha value is -2.86. The first-order chi connectivity index (χ1) is 12.8. The standard InChI is InChI=1S/C20H21N5O/c26-19-10-18(23-20(24-19)16-5-2-8-22-12-16)17-6-3-9-25(14-17)13-15-4-1-7-21-11-15/h1-2,4-5,7-8,10-12,17H,3,6,9,13-14H2,(H,23,24,26). The van der Waals surface area contributed by atoms with Crippen molar-refractivity contribution >= 4 is 0 Å². The fourth-order valence-electron chi connectivity index (χ4n) is 3.52. The molecule has 0 radical (unpaired) electrons. The summed E-state index contributed by atoms with van der Waals surface area (Å²) < 4.78 is 0. The van der Waals surface area contributed by atoms with Crippen LogP contribution in [0.4, 0.5) is 0 Å². The molecule has 0 amide bonds. The molecule has 1 fully saturated rings. The van der Waals surface area contributed by atoms with E-state index >= 15 is 0 Å². The predicted octanol–water partition coefficient (Wildman–Crippen LogP) is 2.61. The predicted molar refractivity (Wildman–Crippen MR) is 99.6 cm³/mol. The molecule has 132 valence electrons. The van der Waals surface area contributed by atoms with Gasteiger partial charge in [0, 0.05) is 55.4 Å². The van der Waals surface area contributed by atoms with Crippen LogP contribution >= 0.6 is 0 Å². The fraction of sp³-hybridized carbons (Fsp3) is 0.300. The van der Waals surface area contributed by atoms with E-state index in [9.17, 15) is 4.79 Å². The molecular formula is C20H21N5O. The van der Waals surface area contributed by atoms with Crippen LogP contribution < -0.4 is 5.56 Å². The van der Waals surface area contributed by atoms with Crippen LogP contribution in [0.25, 0.3) is 11.4 Å². The topological polar surface area (TPSA) is 74.8 Å². The van der Waals surface area contributed by atoms with Gasteiger partial charge in [0.15, 0.2) is 0 Å². The van der Waals surface area contributed by atoms with Crippen molar-refractivity contribution in [1.82, 2.24) is 24.8 Å². The summed E-state index contributed by atoms with van der Waals surface area (Å²) in [6.45, 7) is 2.84. The van der Waals surface area contributed by atoms with Crippen LogP contribution in [0.15, 0.2) is 59.9 Å². The molecule has 0 aromatic carbocycles. The SMILES string of the molecule is O=c1cc(C2CCCN(Cc3cccnc3)C2)nc(-c2cccnc2)[nH]1. The van der Waals surface area contributed by atoms with Gasteiger partial charge in [0.25, 0.3) is 5.56 Å². The van der Waals surface area contributed by atoms with E-state index in [2.05, 4.69) is 25.9 Å². The molecule has 1 atom stereocenters. The van der Waals surface area contributed by atoms with Crippen LogP contribution in [0.3, 0.4) is 0 Å². The third kappa shape index (κ3) is 3.86. The molecule has 1 unspecified atom stereocenters. The van der Waals surface area contributed by atoms with Gasteiger partial charge in [-0.2, -0.15) is 0 Å². The lowest BCUT2D eigenvalue weighted by Gasteiger charge is -2.32. The lowest BCUT2D eigenvalue weighted by atomic mass is 9.94. The minimum Gasteiger partial charge on any atom is -0.306 e. The van der Waals surface area contributed by atoms with Crippen LogP contribution in [0.2, 0.25) is 0 Å². The van der Waals surface area contributed by atoms with E-state index in [-0.39, 0.29) is 11.5 Å². The Labute approximate surface area is 152 Å². The summed E-state index contributed by atoms with van der Waals surface area (Å²) >= 11 is 0. The molecule has 0 saturated carbocycles. The number of likely N-dealkylation sites (tertiary alicyclic amines) is 1. The van der Waals surface area contributed by atoms with Crippen LogP contribution in [-0.4, -0.2) is 37.9 Å². The van der Waals surface area contributed by atoms with E-state index in [1.807, 2.05) is 24.4 Å². The van der Waals surface area contributed by atoms with E-state index in [4.69, 9.17) is 4.98 Å². The van der Waals surface area contributed by atoms with Crippen molar-refractivity contribution in [3.63, 3.8) is 0 Å². The van der Waals surface area contributed by atoms with Gasteiger partial charge < -0.3 is 4.98 Å². The molecule has 1 aliphatic heterocycles. The van der Waals surface area contributed by atoms with Gasteiger partial charge in [-0.25, -0.2) is 4.98 Å². The third-order valence-corrected chi connectivity index (χ3v) is 4.75. The van der Waals surface area contributed by atoms with Crippen molar-refractivity contribution < 1.29 is 0 Å². The summed E-state index contributed by atoms with van der Waals surface area (Å²) in [6, 6.07) is 9.46. The molecule has 3 aromatic heterocycles. The molecule has 1 aliphatic rings. The Morgan fingerprint density at radius 2 is 2.00 bits per heavy atom. The highest BCUT2D eigenvalue weighted by Crippen LogP contribution is 2.26. The molecule has 4 rings (SSSR count). The van der Waals surface area contributed by atoms with Crippen LogP contribution in [0.1, 0.15) is 30.0 Å². The van der Waals surface area contributed by atoms with Crippen molar-refractivity contribution in [3.8, 4) is 11.4 Å². The number of piperidine rings is 1. The minimum absolute atomic E-state index is 0.113. The van der Waals surface area contributed by atoms with Crippen molar-refractivity contribution in [3.05, 3.63) is 76.7 Å². The number of hydrogen-bond acceptors (Lipinski definition) is 5. The molecular weight excluding hydrogens is 326 g/mol. The molecule has 6 heteroatoms. The fourth-order valence-corrected chi connectivity index (χ4v) is 3.52. The van der Waals surface area contributed by atoms with E-state index in [1.54, 1.807) is 24.7 Å². The number of aromatic amines is 1. The molecule has 1 N–H and O–H groups in total. The second kappa shape index (κ2) is 7.58. The Bertz CT molecular complexity index is 910. The highest BCUT2D eigenvalue weighted by atomic mass is 16.1. The van der Waals surface area contributed by atoms with Crippen LogP contribution in [0.5, 0.6) is 0 Å². The molecule has 0 aliphatic carbocycles. The van der Waals surface area contributed by atoms with E-state index in [0.717, 1.165) is 43.7 Å². The van der Waals surface area contributed by atoms with Gasteiger partial charge in [-0.15, -0.1) is 0 Å². The van der Waals surface area contributed by atoms with Gasteiger partial charge >= 0.3 is 0 Å². The van der Waals surface area contributed by atoms with E-state index in [0.29, 0.717) is 5.82 Å². The maximum Gasteiger partial charge on any atom is 0.251 e. The lowest BCUT2D eigenvalue weighted by molar-refractivity contribution is 0.198. The molecule has 3 aromatic rings. The Morgan fingerprint density at radius 3 is 2.77 bits per heavy atom. The highest BCUT2D eigenvalue weighted by Gasteiger charge is 2.23. The van der Waals surface area contributed by atoms with Crippen molar-refractivity contribution in [1.29, 1.82) is 0 Å². The minimum atomic E-state index is -0.113. The lowest BCUT2D eigenvalue weighted by Crippen LogP contribution is -2.34. The third-order valence-electron chi connectivity index (χ3n) is 4.75. The molecule has 4 heterocycles. The molecule has 1 saturated heterocycles. The summed E-state index contributed by atoms with van der Waals surface area (Å²) in [6.07, 6.45) is 9.28. The average Bonchev–Trinajstić information content (AvgIpc) is 2.69. The zero-order chi connectivity index (χ0) is 17.8. The van der Waals surface area contributed by atoms with Gasteiger partial charge in [0.05, 0.1) is 5.69 Å². The number of pyridine rings is 2. The summed E-state index contributed by atoms with van der Waals surface area (Å²) in [4.78, 5) is 30.4. The van der Waals surface area contributed by atoms with E-state index < -0.39 is 0 Å². The number of nitrogens with one attached hydrogen (secondary N) is 1. The quantitative estimate of drug-likeness (QED) is 0.785. The van der Waals surface area contributed by atoms with Crippen LogP contribution in [-0.2, 0) is 6.54 Å². The summed E-state index contributed by atoms with van der Waals surface area (Å²) in [5.74, 6) is 0.850. The van der Waals surface area contributed by atoms with Crippen LogP contribution in [0, 0.1) is 0 Å². The van der Waals surface area contributed by atoms with Crippen molar-refractivity contribution in [2.24, 2.45) is 0 Å². The zero-order valence-electron chi connectivity index (χ0n) is 14.5. The van der Waals surface area contributed by atoms with Crippen molar-refractivity contribution in [2.75, 3.05) is 13.1 Å². The first kappa shape index (κ1) is 16.6. The Balaban J connectivity index is 1.55. The first-order valence-electron chi connectivity index (χ1n) is 8.91. The largest absolute Gasteiger partial charge is 0.306 e. The maximum atomic E-state index is 12.2. The second-order valence-electron chi connectivity index (χ2n) is 6.70. The molecule has 26 heavy (non-hydrogen) atoms. The van der Waals surface area contributed by atoms with E-state index in [1.165, 1.54) is 5.56 Å². The van der Waals surface area contributed by atoms with Gasteiger partial charge in [-0.1, -0.05) is 6.07 Å². The van der Waals surface area contributed by atoms with Crippen molar-refractivity contribution in [2.45, 2.75) is 25.3 Å². The highest BCUT2D eigenvalue weighted by molar-refractivity contribution is 5.52. The Kier molecular flexibility index (Phi) is 4.84. The number of H-pyrrole nitrogens is 1. The second-order valence-corrected chi connectivity index (χ2v) is 6.70. The normalized spacial score (nSPS) is 17.9. The van der Waals surface area contributed by atoms with Gasteiger partial charge in [-0.05, 0) is 43.1 Å². The van der Waals surface area contributed by atoms with Gasteiger partial charge in [-0.3, -0.25) is 19.7 Å². The smallest absolute Gasteiger partial charge is 0.251 e. The van der Waals surface area contributed by atoms with Gasteiger partial charge in [0.1, 0.15) is 5.82 Å². The molecule has 0 spiro atoms. The number of nitrogens with zero attached hydrogens (tertiary/aromatic N) is 4. The molecule has 0 bridgehead atoms. The van der Waals surface area contributed by atoms with Gasteiger partial charge in [0.2, 0.25) is 0 Å². The monoisotopic (exact) mass is 347 g/mol. The number of aromatic nitrogens is 4. The molecule has 6 nitrogen and oxygen atoms in total. The number of rotatable bonds is 4. The summed E-state index contributed by atoms with van der Waals surface area (Å²) in [5, 5.41) is 0. The summed E-state index contributed by atoms with van der Waals surface area (Å²) in [7, 11) is 0. The first-order valence-corrected chi connectivity index (χ1v) is 8.91. The summed E-state index contributed by atoms with van der Waals surface area (Å²) in [5.41, 5.74) is 2.79. The maximum absolute atomic E-state index is 12.2.